The van der Waals surface area contributed by atoms with Gasteiger partial charge < -0.3 is 16.8 Å². The lowest BCUT2D eigenvalue weighted by atomic mass is 10.1. The molecule has 0 unspecified atom stereocenters. The fourth-order valence-electron chi connectivity index (χ4n) is 1.77. The lowest BCUT2D eigenvalue weighted by molar-refractivity contribution is 0.100. The molecule has 5 N–H and O–H groups in total. The summed E-state index contributed by atoms with van der Waals surface area (Å²) in [6.45, 7) is 0. The molecule has 2 rings (SSSR count). The van der Waals surface area contributed by atoms with Gasteiger partial charge in [0.25, 0.3) is 11.8 Å². The normalized spacial score (nSPS) is 10.2. The number of para-hydroxylation sites is 1. The summed E-state index contributed by atoms with van der Waals surface area (Å²) in [5.41, 5.74) is 9.35. The number of nitrogens with two attached hydrogens (primary N) is 2. The van der Waals surface area contributed by atoms with E-state index in [1.54, 1.807) is 0 Å². The van der Waals surface area contributed by atoms with Crippen molar-refractivity contribution in [3.8, 4) is 0 Å². The third kappa shape index (κ3) is 2.81. The van der Waals surface area contributed by atoms with E-state index in [9.17, 15) is 18.4 Å². The SMILES string of the molecule is NC(=O)c1ccccc1NC(=O)c1c(F)ccc(N)c1F. The van der Waals surface area contributed by atoms with Crippen molar-refractivity contribution in [2.45, 2.75) is 0 Å². The van der Waals surface area contributed by atoms with Crippen LogP contribution in [0.3, 0.4) is 0 Å². The van der Waals surface area contributed by atoms with E-state index >= 15 is 0 Å². The van der Waals surface area contributed by atoms with Gasteiger partial charge in [0.15, 0.2) is 5.82 Å². The van der Waals surface area contributed by atoms with Crippen LogP contribution >= 0.6 is 0 Å². The van der Waals surface area contributed by atoms with Gasteiger partial charge in [0.2, 0.25) is 0 Å². The summed E-state index contributed by atoms with van der Waals surface area (Å²) in [6, 6.07) is 7.74. The summed E-state index contributed by atoms with van der Waals surface area (Å²) < 4.78 is 27.4. The zero-order chi connectivity index (χ0) is 15.6. The Labute approximate surface area is 118 Å². The summed E-state index contributed by atoms with van der Waals surface area (Å²) in [6.07, 6.45) is 0. The fraction of sp³-hybridized carbons (Fsp3) is 0. The summed E-state index contributed by atoms with van der Waals surface area (Å²) in [5, 5.41) is 2.24. The van der Waals surface area contributed by atoms with Crippen molar-refractivity contribution >= 4 is 23.2 Å². The quantitative estimate of drug-likeness (QED) is 0.753. The van der Waals surface area contributed by atoms with E-state index in [0.717, 1.165) is 12.1 Å². The number of benzene rings is 2. The first-order valence-corrected chi connectivity index (χ1v) is 5.85. The Morgan fingerprint density at radius 3 is 2.38 bits per heavy atom. The van der Waals surface area contributed by atoms with Crippen LogP contribution in [0, 0.1) is 11.6 Å². The maximum atomic E-state index is 13.8. The lowest BCUT2D eigenvalue weighted by Crippen LogP contribution is -2.20. The van der Waals surface area contributed by atoms with E-state index < -0.39 is 29.0 Å². The molecule has 7 heteroatoms. The number of anilines is 2. The minimum Gasteiger partial charge on any atom is -0.396 e. The number of nitrogen functional groups attached to an aromatic ring is 1. The monoisotopic (exact) mass is 291 g/mol. The highest BCUT2D eigenvalue weighted by molar-refractivity contribution is 6.09. The standard InChI is InChI=1S/C14H11F2N3O2/c15-8-5-6-9(17)12(16)11(8)14(21)19-10-4-2-1-3-7(10)13(18)20/h1-6H,17H2,(H2,18,20)(H,19,21). The molecule has 5 nitrogen and oxygen atoms in total. The second-order valence-corrected chi connectivity index (χ2v) is 4.19. The smallest absolute Gasteiger partial charge is 0.261 e. The molecular formula is C14H11F2N3O2. The van der Waals surface area contributed by atoms with Crippen LogP contribution in [0.15, 0.2) is 36.4 Å². The van der Waals surface area contributed by atoms with E-state index in [1.165, 1.54) is 24.3 Å². The molecule has 0 aromatic heterocycles. The van der Waals surface area contributed by atoms with Crippen LogP contribution in [0.4, 0.5) is 20.2 Å². The number of nitrogens with one attached hydrogen (secondary N) is 1. The van der Waals surface area contributed by atoms with Gasteiger partial charge in [-0.1, -0.05) is 12.1 Å². The van der Waals surface area contributed by atoms with E-state index in [2.05, 4.69) is 5.32 Å². The molecule has 0 aliphatic rings. The molecular weight excluding hydrogens is 280 g/mol. The highest BCUT2D eigenvalue weighted by Crippen LogP contribution is 2.21. The van der Waals surface area contributed by atoms with Crippen LogP contribution in [0.25, 0.3) is 0 Å². The number of rotatable bonds is 3. The third-order valence-electron chi connectivity index (χ3n) is 2.79. The molecule has 0 atom stereocenters. The molecule has 21 heavy (non-hydrogen) atoms. The second-order valence-electron chi connectivity index (χ2n) is 4.19. The maximum absolute atomic E-state index is 13.8. The largest absolute Gasteiger partial charge is 0.396 e. The van der Waals surface area contributed by atoms with Gasteiger partial charge in [0.1, 0.15) is 11.4 Å². The molecule has 0 aliphatic heterocycles. The van der Waals surface area contributed by atoms with Gasteiger partial charge in [-0.25, -0.2) is 8.78 Å². The van der Waals surface area contributed by atoms with Crippen LogP contribution in [-0.2, 0) is 0 Å². The average molecular weight is 291 g/mol. The molecule has 0 bridgehead atoms. The number of carbonyl (C=O) groups is 2. The van der Waals surface area contributed by atoms with E-state index in [-0.39, 0.29) is 16.9 Å². The summed E-state index contributed by atoms with van der Waals surface area (Å²) in [5.74, 6) is -4.06. The lowest BCUT2D eigenvalue weighted by Gasteiger charge is -2.10. The third-order valence-corrected chi connectivity index (χ3v) is 2.79. The van der Waals surface area contributed by atoms with Crippen LogP contribution in [0.1, 0.15) is 20.7 Å². The van der Waals surface area contributed by atoms with Gasteiger partial charge in [0.05, 0.1) is 16.9 Å². The molecule has 108 valence electrons. The second kappa shape index (κ2) is 5.58. The molecule has 0 saturated heterocycles. The first kappa shape index (κ1) is 14.4. The number of carbonyl (C=O) groups excluding carboxylic acids is 2. The van der Waals surface area contributed by atoms with Gasteiger partial charge in [0, 0.05) is 0 Å². The van der Waals surface area contributed by atoms with Crippen molar-refractivity contribution < 1.29 is 18.4 Å². The van der Waals surface area contributed by atoms with Crippen molar-refractivity contribution in [2.24, 2.45) is 5.73 Å². The summed E-state index contributed by atoms with van der Waals surface area (Å²) in [7, 11) is 0. The van der Waals surface area contributed by atoms with Crippen molar-refractivity contribution in [1.29, 1.82) is 0 Å². The molecule has 0 aliphatic carbocycles. The molecule has 2 aromatic carbocycles. The van der Waals surface area contributed by atoms with Crippen LogP contribution in [0.5, 0.6) is 0 Å². The number of halogens is 2. The highest BCUT2D eigenvalue weighted by Gasteiger charge is 2.21. The molecule has 0 spiro atoms. The van der Waals surface area contributed by atoms with Gasteiger partial charge >= 0.3 is 0 Å². The first-order chi connectivity index (χ1) is 9.91. The average Bonchev–Trinajstić information content (AvgIpc) is 2.43. The van der Waals surface area contributed by atoms with Crippen LogP contribution in [-0.4, -0.2) is 11.8 Å². The minimum absolute atomic E-state index is 0.0237. The number of hydrogen-bond donors (Lipinski definition) is 3. The van der Waals surface area contributed by atoms with Gasteiger partial charge in [-0.2, -0.15) is 0 Å². The molecule has 0 saturated carbocycles. The topological polar surface area (TPSA) is 98.2 Å². The van der Waals surface area contributed by atoms with Gasteiger partial charge in [-0.05, 0) is 24.3 Å². The Balaban J connectivity index is 2.40. The molecule has 2 aromatic rings. The van der Waals surface area contributed by atoms with Crippen molar-refractivity contribution in [2.75, 3.05) is 11.1 Å². The van der Waals surface area contributed by atoms with Crippen LogP contribution < -0.4 is 16.8 Å². The van der Waals surface area contributed by atoms with Gasteiger partial charge in [-0.15, -0.1) is 0 Å². The summed E-state index contributed by atoms with van der Waals surface area (Å²) >= 11 is 0. The Bertz CT molecular complexity index is 732. The van der Waals surface area contributed by atoms with Crippen molar-refractivity contribution in [1.82, 2.24) is 0 Å². The Hall–Kier alpha value is -2.96. The Morgan fingerprint density at radius 2 is 1.71 bits per heavy atom. The molecule has 0 fully saturated rings. The Kier molecular flexibility index (Phi) is 3.84. The van der Waals surface area contributed by atoms with Gasteiger partial charge in [-0.3, -0.25) is 9.59 Å². The molecule has 2 amide bonds. The highest BCUT2D eigenvalue weighted by atomic mass is 19.1. The van der Waals surface area contributed by atoms with E-state index in [1.807, 2.05) is 0 Å². The predicted octanol–water partition coefficient (Wildman–Crippen LogP) is 1.90. The Morgan fingerprint density at radius 1 is 1.05 bits per heavy atom. The van der Waals surface area contributed by atoms with E-state index in [0.29, 0.717) is 0 Å². The number of primary amides is 1. The van der Waals surface area contributed by atoms with Crippen molar-refractivity contribution in [3.63, 3.8) is 0 Å². The summed E-state index contributed by atoms with van der Waals surface area (Å²) in [4.78, 5) is 23.2. The van der Waals surface area contributed by atoms with E-state index in [4.69, 9.17) is 11.5 Å². The first-order valence-electron chi connectivity index (χ1n) is 5.85. The fourth-order valence-corrected chi connectivity index (χ4v) is 1.77. The number of hydrogen-bond acceptors (Lipinski definition) is 3. The number of amides is 2. The van der Waals surface area contributed by atoms with Crippen molar-refractivity contribution in [3.05, 3.63) is 59.2 Å². The zero-order valence-corrected chi connectivity index (χ0v) is 10.7. The zero-order valence-electron chi connectivity index (χ0n) is 10.7. The molecule has 0 radical (unpaired) electrons. The maximum Gasteiger partial charge on any atom is 0.261 e. The van der Waals surface area contributed by atoms with Crippen LogP contribution in [0.2, 0.25) is 0 Å². The predicted molar refractivity (Wildman–Crippen MR) is 73.7 cm³/mol. The molecule has 0 heterocycles. The minimum atomic E-state index is -1.16.